The van der Waals surface area contributed by atoms with Gasteiger partial charge in [-0.1, -0.05) is 0 Å². The Balaban J connectivity index is 1.80. The minimum Gasteiger partial charge on any atom is -0.497 e. The van der Waals surface area contributed by atoms with Crippen LogP contribution in [0.15, 0.2) is 18.2 Å². The molecule has 1 unspecified atom stereocenters. The molecule has 1 spiro atoms. The van der Waals surface area contributed by atoms with Crippen molar-refractivity contribution in [3.8, 4) is 11.5 Å². The van der Waals surface area contributed by atoms with Gasteiger partial charge in [0.2, 0.25) is 0 Å². The molecule has 1 amide bonds. The van der Waals surface area contributed by atoms with Gasteiger partial charge in [0.15, 0.2) is 5.60 Å². The van der Waals surface area contributed by atoms with Gasteiger partial charge in [0.25, 0.3) is 5.91 Å². The molecule has 0 N–H and O–H groups in total. The van der Waals surface area contributed by atoms with Crippen molar-refractivity contribution < 1.29 is 19.0 Å². The van der Waals surface area contributed by atoms with Gasteiger partial charge in [0.05, 0.1) is 20.8 Å². The lowest BCUT2D eigenvalue weighted by Gasteiger charge is -2.43. The molecule has 150 valence electrons. The van der Waals surface area contributed by atoms with Crippen molar-refractivity contribution in [2.75, 3.05) is 40.5 Å². The van der Waals surface area contributed by atoms with Crippen molar-refractivity contribution in [2.45, 2.75) is 51.3 Å². The second-order valence-electron chi connectivity index (χ2n) is 7.78. The highest BCUT2D eigenvalue weighted by molar-refractivity contribution is 5.86. The summed E-state index contributed by atoms with van der Waals surface area (Å²) in [5.74, 6) is 1.80. The van der Waals surface area contributed by atoms with Gasteiger partial charge in [-0.2, -0.15) is 0 Å². The van der Waals surface area contributed by atoms with E-state index in [1.807, 2.05) is 23.1 Å². The van der Waals surface area contributed by atoms with Crippen LogP contribution in [-0.2, 0) is 16.1 Å². The van der Waals surface area contributed by atoms with Crippen LogP contribution in [-0.4, -0.2) is 67.8 Å². The predicted octanol–water partition coefficient (Wildman–Crippen LogP) is 2.70. The number of rotatable bonds is 5. The van der Waals surface area contributed by atoms with Crippen LogP contribution in [0.5, 0.6) is 11.5 Å². The number of nitrogens with zero attached hydrogens (tertiary/aromatic N) is 2. The Morgan fingerprint density at radius 3 is 2.70 bits per heavy atom. The Labute approximate surface area is 162 Å². The molecule has 6 heteroatoms. The molecule has 27 heavy (non-hydrogen) atoms. The van der Waals surface area contributed by atoms with E-state index in [0.717, 1.165) is 49.4 Å². The van der Waals surface area contributed by atoms with Crippen LogP contribution in [0.3, 0.4) is 0 Å². The third-order valence-electron chi connectivity index (χ3n) is 5.65. The standard InChI is InChI=1S/C21H32N2O4/c1-16(2)23-10-6-5-9-21(20(23)24)15-22(11-12-27-21)14-17-13-18(25-3)7-8-19(17)26-4/h7-8,13,16H,5-6,9-12,14-15H2,1-4H3. The van der Waals surface area contributed by atoms with Crippen LogP contribution in [0, 0.1) is 0 Å². The number of hydrogen-bond donors (Lipinski definition) is 0. The summed E-state index contributed by atoms with van der Waals surface area (Å²) in [6.45, 7) is 7.69. The number of amides is 1. The zero-order valence-corrected chi connectivity index (χ0v) is 17.0. The lowest BCUT2D eigenvalue weighted by Crippen LogP contribution is -2.60. The first kappa shape index (κ1) is 20.0. The van der Waals surface area contributed by atoms with E-state index in [2.05, 4.69) is 18.7 Å². The van der Waals surface area contributed by atoms with Crippen molar-refractivity contribution >= 4 is 5.91 Å². The molecule has 6 nitrogen and oxygen atoms in total. The fourth-order valence-electron chi connectivity index (χ4n) is 4.17. The summed E-state index contributed by atoms with van der Waals surface area (Å²) in [5.41, 5.74) is 0.348. The van der Waals surface area contributed by atoms with Gasteiger partial charge in [-0.15, -0.1) is 0 Å². The highest BCUT2D eigenvalue weighted by Crippen LogP contribution is 2.32. The van der Waals surface area contributed by atoms with Crippen LogP contribution in [0.2, 0.25) is 0 Å². The lowest BCUT2D eigenvalue weighted by atomic mass is 9.93. The van der Waals surface area contributed by atoms with Crippen molar-refractivity contribution in [1.29, 1.82) is 0 Å². The predicted molar refractivity (Wildman–Crippen MR) is 104 cm³/mol. The third kappa shape index (κ3) is 4.22. The molecule has 2 aliphatic rings. The molecular formula is C21H32N2O4. The van der Waals surface area contributed by atoms with E-state index in [1.54, 1.807) is 14.2 Å². The molecule has 0 bridgehead atoms. The van der Waals surface area contributed by atoms with Crippen LogP contribution >= 0.6 is 0 Å². The van der Waals surface area contributed by atoms with Gasteiger partial charge in [0, 0.05) is 37.8 Å². The molecule has 1 aromatic carbocycles. The van der Waals surface area contributed by atoms with E-state index in [1.165, 1.54) is 0 Å². The van der Waals surface area contributed by atoms with Crippen LogP contribution in [0.25, 0.3) is 0 Å². The maximum absolute atomic E-state index is 13.3. The summed E-state index contributed by atoms with van der Waals surface area (Å²) in [6.07, 6.45) is 2.85. The highest BCUT2D eigenvalue weighted by Gasteiger charge is 2.47. The summed E-state index contributed by atoms with van der Waals surface area (Å²) in [5, 5.41) is 0. The van der Waals surface area contributed by atoms with E-state index < -0.39 is 5.60 Å². The number of hydrogen-bond acceptors (Lipinski definition) is 5. The normalized spacial score (nSPS) is 24.3. The molecule has 1 aromatic rings. The smallest absolute Gasteiger partial charge is 0.256 e. The maximum atomic E-state index is 13.3. The SMILES string of the molecule is COc1ccc(OC)c(CN2CCOC3(CCCCN(C(C)C)C3=O)C2)c1. The van der Waals surface area contributed by atoms with Gasteiger partial charge >= 0.3 is 0 Å². The molecule has 2 fully saturated rings. The van der Waals surface area contributed by atoms with Gasteiger partial charge in [0.1, 0.15) is 11.5 Å². The Morgan fingerprint density at radius 2 is 2.00 bits per heavy atom. The summed E-state index contributed by atoms with van der Waals surface area (Å²) in [4.78, 5) is 17.6. The number of carbonyl (C=O) groups excluding carboxylic acids is 1. The fourth-order valence-corrected chi connectivity index (χ4v) is 4.17. The average molecular weight is 376 g/mol. The first-order valence-corrected chi connectivity index (χ1v) is 9.87. The molecule has 3 rings (SSSR count). The number of carbonyl (C=O) groups is 1. The number of ether oxygens (including phenoxy) is 3. The van der Waals surface area contributed by atoms with Crippen LogP contribution in [0.1, 0.15) is 38.7 Å². The topological polar surface area (TPSA) is 51.2 Å². The third-order valence-corrected chi connectivity index (χ3v) is 5.65. The Hall–Kier alpha value is -1.79. The summed E-state index contributed by atoms with van der Waals surface area (Å²) in [7, 11) is 3.35. The minimum atomic E-state index is -0.717. The average Bonchev–Trinajstić information content (AvgIpc) is 2.81. The van der Waals surface area contributed by atoms with Crippen molar-refractivity contribution in [3.63, 3.8) is 0 Å². The van der Waals surface area contributed by atoms with Crippen molar-refractivity contribution in [3.05, 3.63) is 23.8 Å². The molecule has 0 aliphatic carbocycles. The first-order valence-electron chi connectivity index (χ1n) is 9.87. The monoisotopic (exact) mass is 376 g/mol. The first-order chi connectivity index (χ1) is 13.0. The maximum Gasteiger partial charge on any atom is 0.256 e. The lowest BCUT2D eigenvalue weighted by molar-refractivity contribution is -0.172. The molecule has 0 saturated carbocycles. The Morgan fingerprint density at radius 1 is 1.19 bits per heavy atom. The molecular weight excluding hydrogens is 344 g/mol. The summed E-state index contributed by atoms with van der Waals surface area (Å²) < 4.78 is 17.1. The zero-order chi connectivity index (χ0) is 19.4. The summed E-state index contributed by atoms with van der Waals surface area (Å²) in [6, 6.07) is 6.04. The minimum absolute atomic E-state index is 0.150. The molecule has 0 radical (unpaired) electrons. The number of morpholine rings is 1. The van der Waals surface area contributed by atoms with E-state index in [0.29, 0.717) is 19.7 Å². The highest BCUT2D eigenvalue weighted by atomic mass is 16.5. The van der Waals surface area contributed by atoms with Crippen molar-refractivity contribution in [2.24, 2.45) is 0 Å². The second kappa shape index (κ2) is 8.48. The van der Waals surface area contributed by atoms with Crippen molar-refractivity contribution in [1.82, 2.24) is 9.80 Å². The Kier molecular flexibility index (Phi) is 6.27. The van der Waals surface area contributed by atoms with E-state index in [4.69, 9.17) is 14.2 Å². The molecule has 2 saturated heterocycles. The number of likely N-dealkylation sites (tertiary alicyclic amines) is 1. The largest absolute Gasteiger partial charge is 0.497 e. The quantitative estimate of drug-likeness (QED) is 0.791. The Bertz CT molecular complexity index is 664. The van der Waals surface area contributed by atoms with E-state index in [-0.39, 0.29) is 11.9 Å². The van der Waals surface area contributed by atoms with Gasteiger partial charge in [-0.05, 0) is 51.3 Å². The van der Waals surface area contributed by atoms with Gasteiger partial charge < -0.3 is 19.1 Å². The summed E-state index contributed by atoms with van der Waals surface area (Å²) >= 11 is 0. The van der Waals surface area contributed by atoms with Gasteiger partial charge in [-0.3, -0.25) is 9.69 Å². The number of methoxy groups -OCH3 is 2. The fraction of sp³-hybridized carbons (Fsp3) is 0.667. The van der Waals surface area contributed by atoms with E-state index in [9.17, 15) is 4.79 Å². The molecule has 2 heterocycles. The van der Waals surface area contributed by atoms with Crippen LogP contribution in [0.4, 0.5) is 0 Å². The van der Waals surface area contributed by atoms with Gasteiger partial charge in [-0.25, -0.2) is 0 Å². The zero-order valence-electron chi connectivity index (χ0n) is 17.0. The van der Waals surface area contributed by atoms with Crippen LogP contribution < -0.4 is 9.47 Å². The molecule has 2 aliphatic heterocycles. The number of benzene rings is 1. The molecule has 1 atom stereocenters. The second-order valence-corrected chi connectivity index (χ2v) is 7.78. The van der Waals surface area contributed by atoms with E-state index >= 15 is 0 Å². The molecule has 0 aromatic heterocycles.